The Morgan fingerprint density at radius 1 is 0.844 bits per heavy atom. The fraction of sp³-hybridized carbons (Fsp3) is 0.194. The van der Waals surface area contributed by atoms with Crippen LogP contribution in [-0.2, 0) is 21.0 Å². The SMILES string of the molecule is O=C(C(c1ccccc1)n1c(=O)n(S(=O)(=O)c2ccc(C(F)(F)F)cc2)c2ccc(Cl)cc21)N1CCN(c2ccncc2)CC1. The maximum absolute atomic E-state index is 14.3. The van der Waals surface area contributed by atoms with Gasteiger partial charge >= 0.3 is 11.9 Å². The van der Waals surface area contributed by atoms with Crippen LogP contribution < -0.4 is 10.6 Å². The standard InChI is InChI=1S/C31H25ClF3N5O4S/c32-23-8-11-26-27(20-23)39(30(42)40(26)45(43,44)25-9-6-22(7-10-25)31(33,34)35)28(21-4-2-1-3-5-21)29(41)38-18-16-37(17-19-38)24-12-14-36-15-13-24/h1-15,20,28H,16-19H2. The number of rotatable bonds is 6. The number of benzene rings is 3. The Morgan fingerprint density at radius 3 is 2.11 bits per heavy atom. The Kier molecular flexibility index (Phi) is 7.91. The number of halogens is 4. The van der Waals surface area contributed by atoms with Crippen LogP contribution in [0.2, 0.25) is 5.02 Å². The van der Waals surface area contributed by atoms with Crippen LogP contribution in [0.4, 0.5) is 18.9 Å². The molecule has 1 atom stereocenters. The zero-order valence-corrected chi connectivity index (χ0v) is 25.0. The van der Waals surface area contributed by atoms with Crippen molar-refractivity contribution >= 4 is 44.3 Å². The van der Waals surface area contributed by atoms with Crippen molar-refractivity contribution in [3.8, 4) is 0 Å². The van der Waals surface area contributed by atoms with Gasteiger partial charge in [0, 0.05) is 49.3 Å². The highest BCUT2D eigenvalue weighted by molar-refractivity contribution is 7.90. The van der Waals surface area contributed by atoms with Crippen molar-refractivity contribution in [3.63, 3.8) is 0 Å². The van der Waals surface area contributed by atoms with Crippen LogP contribution >= 0.6 is 11.6 Å². The summed E-state index contributed by atoms with van der Waals surface area (Å²) in [7, 11) is -4.72. The van der Waals surface area contributed by atoms with Gasteiger partial charge in [-0.2, -0.15) is 17.1 Å². The average Bonchev–Trinajstić information content (AvgIpc) is 3.33. The lowest BCUT2D eigenvalue weighted by atomic mass is 10.0. The first-order valence-electron chi connectivity index (χ1n) is 13.8. The Hall–Kier alpha value is -4.62. The number of imidazole rings is 1. The highest BCUT2D eigenvalue weighted by Gasteiger charge is 2.36. The van der Waals surface area contributed by atoms with Crippen LogP contribution in [-0.4, -0.2) is 58.9 Å². The Bertz CT molecular complexity index is 2030. The number of carbonyl (C=O) groups excluding carboxylic acids is 1. The number of fused-ring (bicyclic) bond motifs is 1. The quantitative estimate of drug-likeness (QED) is 0.254. The normalized spacial score (nSPS) is 14.9. The second-order valence-electron chi connectivity index (χ2n) is 10.4. The molecular formula is C31H25ClF3N5O4S. The minimum absolute atomic E-state index is 0.0700. The number of piperazine rings is 1. The van der Waals surface area contributed by atoms with Gasteiger partial charge in [0.1, 0.15) is 6.04 Å². The zero-order valence-electron chi connectivity index (χ0n) is 23.4. The van der Waals surface area contributed by atoms with E-state index in [1.54, 1.807) is 47.6 Å². The molecule has 3 heterocycles. The first-order chi connectivity index (χ1) is 21.5. The summed E-state index contributed by atoms with van der Waals surface area (Å²) in [4.78, 5) is 35.8. The summed E-state index contributed by atoms with van der Waals surface area (Å²) >= 11 is 6.31. The monoisotopic (exact) mass is 655 g/mol. The van der Waals surface area contributed by atoms with Gasteiger partial charge in [-0.25, -0.2) is 13.2 Å². The van der Waals surface area contributed by atoms with Crippen molar-refractivity contribution in [2.45, 2.75) is 17.1 Å². The van der Waals surface area contributed by atoms with E-state index in [2.05, 4.69) is 9.88 Å². The minimum atomic E-state index is -4.72. The lowest BCUT2D eigenvalue weighted by Gasteiger charge is -2.37. The summed E-state index contributed by atoms with van der Waals surface area (Å²) in [5.74, 6) is -0.427. The molecule has 0 aliphatic carbocycles. The second kappa shape index (κ2) is 11.7. The molecule has 0 N–H and O–H groups in total. The molecule has 1 aliphatic heterocycles. The molecule has 1 amide bonds. The van der Waals surface area contributed by atoms with Crippen LogP contribution in [0.3, 0.4) is 0 Å². The molecular weight excluding hydrogens is 631 g/mol. The molecule has 0 saturated carbocycles. The van der Waals surface area contributed by atoms with Gasteiger partial charge in [-0.15, -0.1) is 0 Å². The number of hydrogen-bond donors (Lipinski definition) is 0. The molecule has 9 nitrogen and oxygen atoms in total. The van der Waals surface area contributed by atoms with Gasteiger partial charge in [-0.3, -0.25) is 14.3 Å². The summed E-state index contributed by atoms with van der Waals surface area (Å²) in [5.41, 5.74) is -0.723. The van der Waals surface area contributed by atoms with E-state index in [0.29, 0.717) is 47.8 Å². The molecule has 6 rings (SSSR count). The van der Waals surface area contributed by atoms with Gasteiger partial charge < -0.3 is 9.80 Å². The summed E-state index contributed by atoms with van der Waals surface area (Å²) < 4.78 is 68.9. The summed E-state index contributed by atoms with van der Waals surface area (Å²) in [6, 6.07) is 17.9. The van der Waals surface area contributed by atoms with Crippen molar-refractivity contribution in [1.29, 1.82) is 0 Å². The Morgan fingerprint density at radius 2 is 1.49 bits per heavy atom. The number of alkyl halides is 3. The van der Waals surface area contributed by atoms with Crippen molar-refractivity contribution in [2.75, 3.05) is 31.1 Å². The molecule has 232 valence electrons. The molecule has 1 unspecified atom stereocenters. The van der Waals surface area contributed by atoms with Gasteiger partial charge in [-0.05, 0) is 60.2 Å². The van der Waals surface area contributed by atoms with E-state index in [1.807, 2.05) is 12.1 Å². The molecule has 14 heteroatoms. The summed E-state index contributed by atoms with van der Waals surface area (Å²) in [6.45, 7) is 1.70. The van der Waals surface area contributed by atoms with Gasteiger partial charge in [0.15, 0.2) is 0 Å². The van der Waals surface area contributed by atoms with Crippen molar-refractivity contribution in [3.05, 3.63) is 124 Å². The number of hydrogen-bond acceptors (Lipinski definition) is 6. The van der Waals surface area contributed by atoms with Gasteiger partial charge in [-0.1, -0.05) is 41.9 Å². The van der Waals surface area contributed by atoms with E-state index in [9.17, 15) is 31.2 Å². The first kappa shape index (κ1) is 30.4. The maximum atomic E-state index is 14.3. The molecule has 5 aromatic rings. The maximum Gasteiger partial charge on any atom is 0.416 e. The van der Waals surface area contributed by atoms with Crippen LogP contribution in [0.5, 0.6) is 0 Å². The highest BCUT2D eigenvalue weighted by Crippen LogP contribution is 2.32. The number of pyridine rings is 1. The highest BCUT2D eigenvalue weighted by atomic mass is 35.5. The third-order valence-corrected chi connectivity index (χ3v) is 9.68. The molecule has 1 fully saturated rings. The molecule has 45 heavy (non-hydrogen) atoms. The summed E-state index contributed by atoms with van der Waals surface area (Å²) in [5, 5.41) is 0.186. The molecule has 0 spiro atoms. The van der Waals surface area contributed by atoms with Crippen LogP contribution in [0.1, 0.15) is 17.2 Å². The van der Waals surface area contributed by atoms with E-state index >= 15 is 0 Å². The molecule has 0 bridgehead atoms. The molecule has 2 aromatic heterocycles. The Balaban J connectivity index is 1.46. The van der Waals surface area contributed by atoms with Crippen LogP contribution in [0.15, 0.2) is 107 Å². The molecule has 1 saturated heterocycles. The van der Waals surface area contributed by atoms with E-state index < -0.39 is 44.3 Å². The zero-order chi connectivity index (χ0) is 31.9. The second-order valence-corrected chi connectivity index (χ2v) is 12.6. The average molecular weight is 656 g/mol. The number of carbonyl (C=O) groups is 1. The minimum Gasteiger partial charge on any atom is -0.368 e. The number of nitrogens with zero attached hydrogens (tertiary/aromatic N) is 5. The van der Waals surface area contributed by atoms with Crippen molar-refractivity contribution in [1.82, 2.24) is 18.4 Å². The van der Waals surface area contributed by atoms with Crippen molar-refractivity contribution < 1.29 is 26.4 Å². The van der Waals surface area contributed by atoms with Gasteiger partial charge in [0.05, 0.1) is 21.5 Å². The number of anilines is 1. The lowest BCUT2D eigenvalue weighted by molar-refractivity contribution is -0.137. The van der Waals surface area contributed by atoms with E-state index in [1.165, 1.54) is 18.2 Å². The lowest BCUT2D eigenvalue weighted by Crippen LogP contribution is -2.51. The van der Waals surface area contributed by atoms with Crippen LogP contribution in [0.25, 0.3) is 11.0 Å². The van der Waals surface area contributed by atoms with E-state index in [-0.39, 0.29) is 16.1 Å². The summed E-state index contributed by atoms with van der Waals surface area (Å²) in [6.07, 6.45) is -1.31. The fourth-order valence-corrected chi connectivity index (χ4v) is 7.08. The smallest absolute Gasteiger partial charge is 0.368 e. The third kappa shape index (κ3) is 5.69. The van der Waals surface area contributed by atoms with E-state index in [0.717, 1.165) is 22.4 Å². The van der Waals surface area contributed by atoms with Gasteiger partial charge in [0.2, 0.25) is 0 Å². The predicted molar refractivity (Wildman–Crippen MR) is 163 cm³/mol. The predicted octanol–water partition coefficient (Wildman–Crippen LogP) is 5.05. The molecule has 0 radical (unpaired) electrons. The van der Waals surface area contributed by atoms with Gasteiger partial charge in [0.25, 0.3) is 15.9 Å². The largest absolute Gasteiger partial charge is 0.416 e. The third-order valence-electron chi connectivity index (χ3n) is 7.74. The van der Waals surface area contributed by atoms with E-state index in [4.69, 9.17) is 11.6 Å². The Labute approximate surface area is 260 Å². The fourth-order valence-electron chi connectivity index (χ4n) is 5.52. The topological polar surface area (TPSA) is 97.5 Å². The number of amides is 1. The molecule has 1 aliphatic rings. The van der Waals surface area contributed by atoms with Crippen molar-refractivity contribution in [2.24, 2.45) is 0 Å². The molecule has 3 aromatic carbocycles. The van der Waals surface area contributed by atoms with Crippen LogP contribution in [0, 0.1) is 0 Å². The number of aromatic nitrogens is 3. The first-order valence-corrected chi connectivity index (χ1v) is 15.6.